The molecular weight excluding hydrogens is 290 g/mol. The number of para-hydroxylation sites is 1. The molecule has 2 nitrogen and oxygen atoms in total. The van der Waals surface area contributed by atoms with Gasteiger partial charge in [0.05, 0.1) is 15.4 Å². The zero-order valence-corrected chi connectivity index (χ0v) is 12.4. The second kappa shape index (κ2) is 5.35. The molecule has 0 spiro atoms. The first-order valence-corrected chi connectivity index (χ1v) is 7.38. The summed E-state index contributed by atoms with van der Waals surface area (Å²) in [4.78, 5) is 14.0. The highest BCUT2D eigenvalue weighted by molar-refractivity contribution is 7.99. The molecule has 3 rings (SSSR count). The van der Waals surface area contributed by atoms with Crippen molar-refractivity contribution in [2.24, 2.45) is 7.05 Å². The van der Waals surface area contributed by atoms with E-state index in [2.05, 4.69) is 0 Å². The minimum atomic E-state index is -0.0671. The number of benzene rings is 2. The van der Waals surface area contributed by atoms with Gasteiger partial charge in [-0.25, -0.2) is 0 Å². The summed E-state index contributed by atoms with van der Waals surface area (Å²) in [6.45, 7) is 0. The lowest BCUT2D eigenvalue weighted by atomic mass is 10.2. The van der Waals surface area contributed by atoms with Gasteiger partial charge in [0, 0.05) is 17.3 Å². The standard InChI is InChI=1S/C16H12ClNOS/c1-18-13-10-6-5-9-12(13)14(17)15(16(18)19)20-11-7-3-2-4-8-11/h2-10H,1H3. The van der Waals surface area contributed by atoms with E-state index >= 15 is 0 Å². The summed E-state index contributed by atoms with van der Waals surface area (Å²) in [5.74, 6) is 0. The average molecular weight is 302 g/mol. The molecule has 3 aromatic rings. The largest absolute Gasteiger partial charge is 0.310 e. The third-order valence-corrected chi connectivity index (χ3v) is 4.76. The van der Waals surface area contributed by atoms with Gasteiger partial charge in [-0.05, 0) is 18.2 Å². The molecule has 0 aliphatic carbocycles. The molecule has 0 atom stereocenters. The molecule has 0 amide bonds. The van der Waals surface area contributed by atoms with Crippen LogP contribution in [0, 0.1) is 0 Å². The van der Waals surface area contributed by atoms with Gasteiger partial charge in [0.1, 0.15) is 0 Å². The van der Waals surface area contributed by atoms with Gasteiger partial charge in [0.25, 0.3) is 5.56 Å². The molecule has 0 saturated carbocycles. The molecule has 100 valence electrons. The number of halogens is 1. The van der Waals surface area contributed by atoms with E-state index in [9.17, 15) is 4.79 Å². The van der Waals surface area contributed by atoms with Crippen LogP contribution < -0.4 is 5.56 Å². The molecule has 2 aromatic carbocycles. The fourth-order valence-electron chi connectivity index (χ4n) is 2.12. The molecular formula is C16H12ClNOS. The quantitative estimate of drug-likeness (QED) is 0.702. The number of hydrogen-bond acceptors (Lipinski definition) is 2. The van der Waals surface area contributed by atoms with Gasteiger partial charge in [-0.3, -0.25) is 4.79 Å². The summed E-state index contributed by atoms with van der Waals surface area (Å²) in [5, 5.41) is 1.42. The fourth-order valence-corrected chi connectivity index (χ4v) is 3.43. The lowest BCUT2D eigenvalue weighted by Crippen LogP contribution is -2.19. The van der Waals surface area contributed by atoms with Crippen molar-refractivity contribution in [2.75, 3.05) is 0 Å². The van der Waals surface area contributed by atoms with Crippen molar-refractivity contribution in [3.8, 4) is 0 Å². The Morgan fingerprint density at radius 1 is 1.00 bits per heavy atom. The Bertz CT molecular complexity index is 827. The predicted octanol–water partition coefficient (Wildman–Crippen LogP) is 4.34. The van der Waals surface area contributed by atoms with Gasteiger partial charge in [0.2, 0.25) is 0 Å². The molecule has 0 bridgehead atoms. The third kappa shape index (κ3) is 2.23. The van der Waals surface area contributed by atoms with E-state index in [4.69, 9.17) is 11.6 Å². The predicted molar refractivity (Wildman–Crippen MR) is 84.8 cm³/mol. The molecule has 4 heteroatoms. The highest BCUT2D eigenvalue weighted by atomic mass is 35.5. The van der Waals surface area contributed by atoms with Gasteiger partial charge in [0.15, 0.2) is 0 Å². The Balaban J connectivity index is 2.23. The number of hydrogen-bond donors (Lipinski definition) is 0. The van der Waals surface area contributed by atoms with Crippen molar-refractivity contribution in [1.29, 1.82) is 0 Å². The van der Waals surface area contributed by atoms with Gasteiger partial charge in [-0.15, -0.1) is 0 Å². The summed E-state index contributed by atoms with van der Waals surface area (Å²) in [6, 6.07) is 17.4. The topological polar surface area (TPSA) is 22.0 Å². The minimum absolute atomic E-state index is 0.0671. The second-order valence-corrected chi connectivity index (χ2v) is 5.90. The molecule has 0 N–H and O–H groups in total. The van der Waals surface area contributed by atoms with Crippen molar-refractivity contribution in [2.45, 2.75) is 9.79 Å². The van der Waals surface area contributed by atoms with Gasteiger partial charge < -0.3 is 4.57 Å². The van der Waals surface area contributed by atoms with E-state index in [1.54, 1.807) is 11.6 Å². The SMILES string of the molecule is Cn1c(=O)c(Sc2ccccc2)c(Cl)c2ccccc21. The molecule has 0 unspecified atom stereocenters. The van der Waals surface area contributed by atoms with Gasteiger partial charge in [-0.2, -0.15) is 0 Å². The van der Waals surface area contributed by atoms with E-state index in [0.29, 0.717) is 9.92 Å². The monoisotopic (exact) mass is 301 g/mol. The third-order valence-electron chi connectivity index (χ3n) is 3.16. The Kier molecular flexibility index (Phi) is 3.55. The first kappa shape index (κ1) is 13.3. The van der Waals surface area contributed by atoms with E-state index in [0.717, 1.165) is 15.8 Å². The first-order valence-electron chi connectivity index (χ1n) is 6.18. The fraction of sp³-hybridized carbons (Fsp3) is 0.0625. The van der Waals surface area contributed by atoms with Crippen LogP contribution in [0.2, 0.25) is 5.02 Å². The van der Waals surface area contributed by atoms with Crippen LogP contribution in [-0.4, -0.2) is 4.57 Å². The molecule has 0 saturated heterocycles. The number of aromatic nitrogens is 1. The molecule has 0 aliphatic heterocycles. The number of nitrogens with zero attached hydrogens (tertiary/aromatic N) is 1. The van der Waals surface area contributed by atoms with Gasteiger partial charge in [-0.1, -0.05) is 59.8 Å². The molecule has 0 radical (unpaired) electrons. The Morgan fingerprint density at radius 2 is 1.65 bits per heavy atom. The number of fused-ring (bicyclic) bond motifs is 1. The van der Waals surface area contributed by atoms with Crippen molar-refractivity contribution >= 4 is 34.3 Å². The minimum Gasteiger partial charge on any atom is -0.310 e. The van der Waals surface area contributed by atoms with Crippen molar-refractivity contribution in [1.82, 2.24) is 4.57 Å². The second-order valence-electron chi connectivity index (χ2n) is 4.44. The molecule has 0 fully saturated rings. The average Bonchev–Trinajstić information content (AvgIpc) is 2.50. The normalized spacial score (nSPS) is 10.9. The zero-order chi connectivity index (χ0) is 14.1. The maximum absolute atomic E-state index is 12.5. The summed E-state index contributed by atoms with van der Waals surface area (Å²) in [7, 11) is 1.77. The number of aryl methyl sites for hydroxylation is 1. The highest BCUT2D eigenvalue weighted by Gasteiger charge is 2.14. The molecule has 20 heavy (non-hydrogen) atoms. The van der Waals surface area contributed by atoms with Crippen molar-refractivity contribution in [3.63, 3.8) is 0 Å². The van der Waals surface area contributed by atoms with Crippen LogP contribution in [0.15, 0.2) is 69.2 Å². The lowest BCUT2D eigenvalue weighted by Gasteiger charge is -2.11. The lowest BCUT2D eigenvalue weighted by molar-refractivity contribution is 0.876. The van der Waals surface area contributed by atoms with Crippen LogP contribution in [-0.2, 0) is 7.05 Å². The summed E-state index contributed by atoms with van der Waals surface area (Å²) < 4.78 is 1.65. The maximum Gasteiger partial charge on any atom is 0.266 e. The van der Waals surface area contributed by atoms with Crippen LogP contribution in [0.25, 0.3) is 10.9 Å². The summed E-state index contributed by atoms with van der Waals surface area (Å²) in [5.41, 5.74) is 0.780. The van der Waals surface area contributed by atoms with E-state index in [-0.39, 0.29) is 5.56 Å². The van der Waals surface area contributed by atoms with Crippen molar-refractivity contribution < 1.29 is 0 Å². The van der Waals surface area contributed by atoms with E-state index in [1.165, 1.54) is 11.8 Å². The van der Waals surface area contributed by atoms with E-state index < -0.39 is 0 Å². The first-order chi connectivity index (χ1) is 9.68. The summed E-state index contributed by atoms with van der Waals surface area (Å²) in [6.07, 6.45) is 0. The Labute approximate surface area is 126 Å². The molecule has 1 heterocycles. The number of rotatable bonds is 2. The van der Waals surface area contributed by atoms with Crippen LogP contribution in [0.1, 0.15) is 0 Å². The highest BCUT2D eigenvalue weighted by Crippen LogP contribution is 2.34. The van der Waals surface area contributed by atoms with Crippen molar-refractivity contribution in [3.05, 3.63) is 70.0 Å². The zero-order valence-electron chi connectivity index (χ0n) is 10.8. The molecule has 1 aromatic heterocycles. The van der Waals surface area contributed by atoms with E-state index in [1.807, 2.05) is 54.6 Å². The maximum atomic E-state index is 12.5. The Morgan fingerprint density at radius 3 is 2.40 bits per heavy atom. The Hall–Kier alpha value is -1.71. The summed E-state index contributed by atoms with van der Waals surface area (Å²) >= 11 is 7.84. The number of pyridine rings is 1. The van der Waals surface area contributed by atoms with Gasteiger partial charge >= 0.3 is 0 Å². The van der Waals surface area contributed by atoms with Crippen LogP contribution in [0.5, 0.6) is 0 Å². The van der Waals surface area contributed by atoms with Crippen LogP contribution in [0.4, 0.5) is 0 Å². The van der Waals surface area contributed by atoms with Crippen LogP contribution >= 0.6 is 23.4 Å². The smallest absolute Gasteiger partial charge is 0.266 e. The van der Waals surface area contributed by atoms with Crippen LogP contribution in [0.3, 0.4) is 0 Å². The molecule has 0 aliphatic rings.